The van der Waals surface area contributed by atoms with Crippen molar-refractivity contribution in [3.05, 3.63) is 59.2 Å². The van der Waals surface area contributed by atoms with Crippen LogP contribution in [0.1, 0.15) is 43.7 Å². The largest absolute Gasteiger partial charge is 0.497 e. The van der Waals surface area contributed by atoms with Crippen LogP contribution in [0.25, 0.3) is 0 Å². The first kappa shape index (κ1) is 19.5. The second-order valence-corrected chi connectivity index (χ2v) is 7.12. The van der Waals surface area contributed by atoms with E-state index in [-0.39, 0.29) is 13.6 Å². The number of amides is 1. The molecule has 0 aliphatic carbocycles. The molecule has 0 spiro atoms. The molecule has 0 aromatic heterocycles. The van der Waals surface area contributed by atoms with E-state index in [2.05, 4.69) is 5.32 Å². The van der Waals surface area contributed by atoms with E-state index >= 15 is 0 Å². The summed E-state index contributed by atoms with van der Waals surface area (Å²) in [6.07, 6.45) is -0.409. The second-order valence-electron chi connectivity index (χ2n) is 7.12. The summed E-state index contributed by atoms with van der Waals surface area (Å²) in [6.45, 7) is 7.32. The Hall–Kier alpha value is -2.82. The number of rotatable bonds is 5. The molecule has 0 atom stereocenters. The summed E-state index contributed by atoms with van der Waals surface area (Å²) in [6, 6.07) is 12.7. The fraction of sp³-hybridized carbons (Fsp3) is 0.333. The molecule has 2 aromatic rings. The Kier molecular flexibility index (Phi) is 6.03. The smallest absolute Gasteiger partial charge is 0.412 e. The standard InChI is InChI=1S/C21H25NO4.H2/c1-14-7-6-8-16(11-14)19(23)12-15-9-10-17(25-5)13-18(15)22-20(24)26-21(2,3)4;/h6-11,13H,12H2,1-5H3,(H,22,24);1H. The van der Waals surface area contributed by atoms with E-state index < -0.39 is 11.7 Å². The SMILES string of the molecule is COc1ccc(CC(=O)c2cccc(C)c2)c(NC(=O)OC(C)(C)C)c1.[HH]. The van der Waals surface area contributed by atoms with Gasteiger partial charge in [-0.15, -0.1) is 0 Å². The fourth-order valence-electron chi connectivity index (χ4n) is 2.46. The summed E-state index contributed by atoms with van der Waals surface area (Å²) in [4.78, 5) is 24.7. The van der Waals surface area contributed by atoms with Gasteiger partial charge in [-0.1, -0.05) is 29.8 Å². The number of carbonyl (C=O) groups excluding carboxylic acids is 2. The fourth-order valence-corrected chi connectivity index (χ4v) is 2.46. The number of hydrogen-bond acceptors (Lipinski definition) is 4. The zero-order chi connectivity index (χ0) is 19.3. The van der Waals surface area contributed by atoms with E-state index in [9.17, 15) is 9.59 Å². The molecule has 1 N–H and O–H groups in total. The van der Waals surface area contributed by atoms with Gasteiger partial charge < -0.3 is 9.47 Å². The van der Waals surface area contributed by atoms with Gasteiger partial charge in [-0.2, -0.15) is 0 Å². The number of aryl methyl sites for hydroxylation is 1. The van der Waals surface area contributed by atoms with Crippen molar-refractivity contribution in [2.45, 2.75) is 39.7 Å². The Bertz CT molecular complexity index is 812. The molecular formula is C21H27NO4. The Labute approximate surface area is 155 Å². The van der Waals surface area contributed by atoms with Crippen LogP contribution in [0.3, 0.4) is 0 Å². The first-order valence-corrected chi connectivity index (χ1v) is 8.45. The summed E-state index contributed by atoms with van der Waals surface area (Å²) in [5.74, 6) is 0.564. The highest BCUT2D eigenvalue weighted by atomic mass is 16.6. The molecule has 0 saturated heterocycles. The van der Waals surface area contributed by atoms with Crippen molar-refractivity contribution in [2.75, 3.05) is 12.4 Å². The maximum atomic E-state index is 12.6. The van der Waals surface area contributed by atoms with E-state index in [0.29, 0.717) is 22.6 Å². The van der Waals surface area contributed by atoms with E-state index in [1.54, 1.807) is 52.1 Å². The van der Waals surface area contributed by atoms with Crippen LogP contribution in [-0.2, 0) is 11.2 Å². The average molecular weight is 357 g/mol. The average Bonchev–Trinajstić information content (AvgIpc) is 2.54. The normalized spacial score (nSPS) is 11.0. The first-order chi connectivity index (χ1) is 12.2. The van der Waals surface area contributed by atoms with Gasteiger partial charge in [-0.05, 0) is 45.4 Å². The molecule has 26 heavy (non-hydrogen) atoms. The maximum absolute atomic E-state index is 12.6. The van der Waals surface area contributed by atoms with Gasteiger partial charge in [-0.25, -0.2) is 4.79 Å². The van der Waals surface area contributed by atoms with E-state index in [4.69, 9.17) is 9.47 Å². The number of ether oxygens (including phenoxy) is 2. The van der Waals surface area contributed by atoms with Crippen LogP contribution in [0.5, 0.6) is 5.75 Å². The third kappa shape index (κ3) is 5.62. The minimum Gasteiger partial charge on any atom is -0.497 e. The Balaban J connectivity index is 0.00000364. The van der Waals surface area contributed by atoms with Crippen LogP contribution in [0, 0.1) is 6.92 Å². The van der Waals surface area contributed by atoms with Crippen molar-refractivity contribution in [1.29, 1.82) is 0 Å². The van der Waals surface area contributed by atoms with Gasteiger partial charge in [0, 0.05) is 19.5 Å². The lowest BCUT2D eigenvalue weighted by molar-refractivity contribution is 0.0635. The predicted octanol–water partition coefficient (Wildman–Crippen LogP) is 5.02. The number of methoxy groups -OCH3 is 1. The molecule has 0 unspecified atom stereocenters. The van der Waals surface area contributed by atoms with Crippen LogP contribution in [0.2, 0.25) is 0 Å². The number of hydrogen-bond donors (Lipinski definition) is 1. The van der Waals surface area contributed by atoms with Gasteiger partial charge in [0.15, 0.2) is 5.78 Å². The Morgan fingerprint density at radius 3 is 2.46 bits per heavy atom. The van der Waals surface area contributed by atoms with Crippen LogP contribution < -0.4 is 10.1 Å². The predicted molar refractivity (Wildman–Crippen MR) is 104 cm³/mol. The molecule has 0 saturated carbocycles. The molecule has 1 amide bonds. The lowest BCUT2D eigenvalue weighted by Crippen LogP contribution is -2.27. The highest BCUT2D eigenvalue weighted by Crippen LogP contribution is 2.25. The number of anilines is 1. The van der Waals surface area contributed by atoms with Gasteiger partial charge in [0.05, 0.1) is 12.8 Å². The van der Waals surface area contributed by atoms with Crippen molar-refractivity contribution < 1.29 is 20.5 Å². The summed E-state index contributed by atoms with van der Waals surface area (Å²) in [5.41, 5.74) is 2.25. The molecule has 2 aromatic carbocycles. The highest BCUT2D eigenvalue weighted by Gasteiger charge is 2.18. The molecular weight excluding hydrogens is 330 g/mol. The maximum Gasteiger partial charge on any atom is 0.412 e. The van der Waals surface area contributed by atoms with Crippen molar-refractivity contribution in [2.24, 2.45) is 0 Å². The molecule has 0 radical (unpaired) electrons. The van der Waals surface area contributed by atoms with Gasteiger partial charge >= 0.3 is 6.09 Å². The van der Waals surface area contributed by atoms with Crippen molar-refractivity contribution in [1.82, 2.24) is 0 Å². The molecule has 140 valence electrons. The van der Waals surface area contributed by atoms with Crippen molar-refractivity contribution in [3.8, 4) is 5.75 Å². The molecule has 0 aliphatic rings. The van der Waals surface area contributed by atoms with Gasteiger partial charge in [0.2, 0.25) is 0 Å². The zero-order valence-electron chi connectivity index (χ0n) is 15.9. The third-order valence-corrected chi connectivity index (χ3v) is 3.64. The molecule has 5 heteroatoms. The molecule has 0 bridgehead atoms. The number of ketones is 1. The number of nitrogens with one attached hydrogen (secondary N) is 1. The first-order valence-electron chi connectivity index (χ1n) is 8.45. The van der Waals surface area contributed by atoms with Gasteiger partial charge in [0.1, 0.15) is 11.4 Å². The van der Waals surface area contributed by atoms with Crippen LogP contribution in [-0.4, -0.2) is 24.6 Å². The summed E-state index contributed by atoms with van der Waals surface area (Å²) < 4.78 is 10.5. The molecule has 0 heterocycles. The summed E-state index contributed by atoms with van der Waals surface area (Å²) in [5, 5.41) is 2.72. The van der Waals surface area contributed by atoms with E-state index in [1.165, 1.54) is 0 Å². The molecule has 0 fully saturated rings. The minimum absolute atomic E-state index is 0. The number of benzene rings is 2. The monoisotopic (exact) mass is 357 g/mol. The number of Topliss-reactive ketones (excluding diaryl/α,β-unsaturated/α-hetero) is 1. The highest BCUT2D eigenvalue weighted by molar-refractivity contribution is 5.99. The van der Waals surface area contributed by atoms with Gasteiger partial charge in [0.25, 0.3) is 0 Å². The molecule has 5 nitrogen and oxygen atoms in total. The quantitative estimate of drug-likeness (QED) is 0.763. The lowest BCUT2D eigenvalue weighted by Gasteiger charge is -2.20. The summed E-state index contributed by atoms with van der Waals surface area (Å²) >= 11 is 0. The molecule has 0 aliphatic heterocycles. The number of carbonyl (C=O) groups is 2. The van der Waals surface area contributed by atoms with Crippen molar-refractivity contribution in [3.63, 3.8) is 0 Å². The zero-order valence-corrected chi connectivity index (χ0v) is 15.9. The van der Waals surface area contributed by atoms with Crippen LogP contribution >= 0.6 is 0 Å². The lowest BCUT2D eigenvalue weighted by atomic mass is 10.00. The summed E-state index contributed by atoms with van der Waals surface area (Å²) in [7, 11) is 1.55. The Morgan fingerprint density at radius 2 is 1.85 bits per heavy atom. The van der Waals surface area contributed by atoms with Crippen LogP contribution in [0.15, 0.2) is 42.5 Å². The van der Waals surface area contributed by atoms with E-state index in [0.717, 1.165) is 5.56 Å². The van der Waals surface area contributed by atoms with E-state index in [1.807, 2.05) is 25.1 Å². The van der Waals surface area contributed by atoms with Crippen molar-refractivity contribution >= 4 is 17.6 Å². The third-order valence-electron chi connectivity index (χ3n) is 3.64. The van der Waals surface area contributed by atoms with Crippen LogP contribution in [0.4, 0.5) is 10.5 Å². The Morgan fingerprint density at radius 1 is 1.12 bits per heavy atom. The topological polar surface area (TPSA) is 64.6 Å². The molecule has 2 rings (SSSR count). The van der Waals surface area contributed by atoms with Gasteiger partial charge in [-0.3, -0.25) is 10.1 Å². The second kappa shape index (κ2) is 8.04. The minimum atomic E-state index is -0.611.